The van der Waals surface area contributed by atoms with E-state index in [2.05, 4.69) is 21.8 Å². The molecule has 2 amide bonds. The van der Waals surface area contributed by atoms with E-state index in [1.807, 2.05) is 0 Å². The number of quaternary nitrogens is 1. The van der Waals surface area contributed by atoms with Gasteiger partial charge in [-0.2, -0.15) is 0 Å². The quantitative estimate of drug-likeness (QED) is 0.176. The number of amides is 2. The van der Waals surface area contributed by atoms with E-state index < -0.39 is 29.0 Å². The summed E-state index contributed by atoms with van der Waals surface area (Å²) in [6.07, 6.45) is 4.05. The maximum atomic E-state index is 14.3. The molecule has 0 radical (unpaired) electrons. The molecule has 1 aliphatic heterocycles. The lowest BCUT2D eigenvalue weighted by atomic mass is 10.0. The van der Waals surface area contributed by atoms with Gasteiger partial charge in [0, 0.05) is 12.2 Å². The van der Waals surface area contributed by atoms with Gasteiger partial charge in [-0.25, -0.2) is 4.39 Å². The number of nitrogens with one attached hydrogen (secondary N) is 3. The Balaban J connectivity index is 1.63. The van der Waals surface area contributed by atoms with Gasteiger partial charge in [-0.3, -0.25) is 20.2 Å². The summed E-state index contributed by atoms with van der Waals surface area (Å²) in [5, 5.41) is 5.19. The number of ketones is 1. The SMILES string of the molecule is Cc1c(C(=O)C(=O)NC2(C([NH3+])=CNN)CC2)c2n(c1C(=O)Nc1cccc(Cl)c1F)CCC2. The number of aromatic nitrogens is 1. The van der Waals surface area contributed by atoms with Crippen molar-refractivity contribution in [3.8, 4) is 0 Å². The molecule has 2 heterocycles. The molecule has 0 unspecified atom stereocenters. The summed E-state index contributed by atoms with van der Waals surface area (Å²) < 4.78 is 16.0. The third-order valence-corrected chi connectivity index (χ3v) is 6.52. The van der Waals surface area contributed by atoms with E-state index in [9.17, 15) is 18.8 Å². The second-order valence-corrected chi connectivity index (χ2v) is 8.71. The molecule has 2 aliphatic rings. The van der Waals surface area contributed by atoms with Gasteiger partial charge in [0.25, 0.3) is 17.6 Å². The van der Waals surface area contributed by atoms with Crippen molar-refractivity contribution in [3.05, 3.63) is 63.5 Å². The number of carbonyl (C=O) groups excluding carboxylic acids is 3. The minimum Gasteiger partial charge on any atom is -0.340 e. The number of nitrogens with zero attached hydrogens (tertiary/aromatic N) is 1. The molecule has 8 N–H and O–H groups in total. The third-order valence-electron chi connectivity index (χ3n) is 6.23. The van der Waals surface area contributed by atoms with Crippen molar-refractivity contribution in [1.82, 2.24) is 15.3 Å². The first-order valence-electron chi connectivity index (χ1n) is 10.5. The molecule has 1 fully saturated rings. The fourth-order valence-corrected chi connectivity index (χ4v) is 4.55. The van der Waals surface area contributed by atoms with Crippen LogP contribution in [0.15, 0.2) is 30.1 Å². The van der Waals surface area contributed by atoms with Crippen LogP contribution in [0.2, 0.25) is 5.02 Å². The molecule has 1 saturated carbocycles. The number of hydrazine groups is 1. The summed E-state index contributed by atoms with van der Waals surface area (Å²) in [7, 11) is 0. The van der Waals surface area contributed by atoms with Crippen molar-refractivity contribution in [2.75, 3.05) is 5.32 Å². The second kappa shape index (κ2) is 8.62. The molecule has 33 heavy (non-hydrogen) atoms. The smallest absolute Gasteiger partial charge is 0.293 e. The Labute approximate surface area is 194 Å². The zero-order valence-electron chi connectivity index (χ0n) is 18.1. The predicted molar refractivity (Wildman–Crippen MR) is 120 cm³/mol. The molecule has 0 bridgehead atoms. The minimum absolute atomic E-state index is 0.0648. The predicted octanol–water partition coefficient (Wildman–Crippen LogP) is 1.17. The van der Waals surface area contributed by atoms with E-state index in [0.29, 0.717) is 42.8 Å². The fourth-order valence-electron chi connectivity index (χ4n) is 4.37. The van der Waals surface area contributed by atoms with Crippen molar-refractivity contribution < 1.29 is 24.5 Å². The molecule has 0 saturated heterocycles. The standard InChI is InChI=1S/C22H24ClFN6O3/c1-11-16(19(31)21(33)29-22(7-8-22)15(25)10-27-26)14-6-3-9-30(14)18(11)20(32)28-13-5-2-4-12(23)17(13)24/h2,4-5,10,27H,3,6-9,25-26H2,1H3,(H,28,32)(H,29,33)/p+1. The Morgan fingerprint density at radius 3 is 2.70 bits per heavy atom. The molecular formula is C22H25ClFN6O3+. The first kappa shape index (κ1) is 23.0. The van der Waals surface area contributed by atoms with E-state index in [0.717, 1.165) is 6.42 Å². The first-order chi connectivity index (χ1) is 15.7. The molecule has 0 spiro atoms. The summed E-state index contributed by atoms with van der Waals surface area (Å²) in [6.45, 7) is 2.14. The number of benzene rings is 1. The zero-order chi connectivity index (χ0) is 23.9. The van der Waals surface area contributed by atoms with E-state index in [1.165, 1.54) is 24.4 Å². The summed E-state index contributed by atoms with van der Waals surface area (Å²) in [6, 6.07) is 4.30. The van der Waals surface area contributed by atoms with Gasteiger partial charge >= 0.3 is 0 Å². The largest absolute Gasteiger partial charge is 0.340 e. The number of hydrogen-bond donors (Lipinski definition) is 5. The van der Waals surface area contributed by atoms with Gasteiger partial charge in [-0.1, -0.05) is 17.7 Å². The maximum Gasteiger partial charge on any atom is 0.293 e. The number of Topliss-reactive ketones (excluding diaryl/α,β-unsaturated/α-hetero) is 1. The molecule has 1 aromatic heterocycles. The highest BCUT2D eigenvalue weighted by molar-refractivity contribution is 6.44. The van der Waals surface area contributed by atoms with Crippen LogP contribution in [0.25, 0.3) is 0 Å². The number of nitrogens with two attached hydrogens (primary N) is 1. The highest BCUT2D eigenvalue weighted by Crippen LogP contribution is 2.39. The summed E-state index contributed by atoms with van der Waals surface area (Å²) in [5.74, 6) is 2.50. The Kier molecular flexibility index (Phi) is 6.00. The Morgan fingerprint density at radius 1 is 1.30 bits per heavy atom. The fraction of sp³-hybridized carbons (Fsp3) is 0.318. The van der Waals surface area contributed by atoms with Crippen LogP contribution in [0.4, 0.5) is 10.1 Å². The van der Waals surface area contributed by atoms with Crippen molar-refractivity contribution >= 4 is 34.9 Å². The number of halogens is 2. The number of rotatable bonds is 7. The van der Waals surface area contributed by atoms with Crippen molar-refractivity contribution in [2.45, 2.75) is 44.7 Å². The third kappa shape index (κ3) is 4.01. The van der Waals surface area contributed by atoms with Gasteiger partial charge < -0.3 is 26.4 Å². The number of fused-ring (bicyclic) bond motifs is 1. The average molecular weight is 476 g/mol. The average Bonchev–Trinajstić information content (AvgIpc) is 3.31. The first-order valence-corrected chi connectivity index (χ1v) is 10.9. The molecule has 11 heteroatoms. The number of hydrogen-bond acceptors (Lipinski definition) is 5. The highest BCUT2D eigenvalue weighted by atomic mass is 35.5. The zero-order valence-corrected chi connectivity index (χ0v) is 18.8. The molecule has 0 atom stereocenters. The molecule has 2 aromatic rings. The van der Waals surface area contributed by atoms with E-state index >= 15 is 0 Å². The molecule has 1 aliphatic carbocycles. The van der Waals surface area contributed by atoms with Gasteiger partial charge in [-0.05, 0) is 50.3 Å². The molecule has 174 valence electrons. The van der Waals surface area contributed by atoms with Crippen molar-refractivity contribution in [2.24, 2.45) is 5.84 Å². The van der Waals surface area contributed by atoms with Crippen LogP contribution in [0.1, 0.15) is 51.4 Å². The second-order valence-electron chi connectivity index (χ2n) is 8.31. The molecule has 9 nitrogen and oxygen atoms in total. The molecule has 1 aromatic carbocycles. The Morgan fingerprint density at radius 2 is 2.03 bits per heavy atom. The normalized spacial score (nSPS) is 16.2. The Hall–Kier alpha value is -3.21. The summed E-state index contributed by atoms with van der Waals surface area (Å²) in [4.78, 5) is 39.1. The van der Waals surface area contributed by atoms with Gasteiger partial charge in [0.2, 0.25) is 0 Å². The van der Waals surface area contributed by atoms with Crippen LogP contribution < -0.4 is 27.6 Å². The van der Waals surface area contributed by atoms with Gasteiger partial charge in [0.05, 0.1) is 22.5 Å². The van der Waals surface area contributed by atoms with E-state index in [-0.39, 0.29) is 22.0 Å². The highest BCUT2D eigenvalue weighted by Gasteiger charge is 2.50. The molecular weight excluding hydrogens is 451 g/mol. The van der Waals surface area contributed by atoms with E-state index in [4.69, 9.17) is 17.4 Å². The number of anilines is 1. The summed E-state index contributed by atoms with van der Waals surface area (Å²) >= 11 is 5.81. The van der Waals surface area contributed by atoms with Crippen LogP contribution in [-0.2, 0) is 17.8 Å². The lowest BCUT2D eigenvalue weighted by Crippen LogP contribution is -2.60. The van der Waals surface area contributed by atoms with Crippen molar-refractivity contribution in [1.29, 1.82) is 0 Å². The van der Waals surface area contributed by atoms with Gasteiger partial charge in [0.15, 0.2) is 5.82 Å². The summed E-state index contributed by atoms with van der Waals surface area (Å²) in [5.41, 5.74) is 7.55. The maximum absolute atomic E-state index is 14.3. The van der Waals surface area contributed by atoms with Crippen LogP contribution in [-0.4, -0.2) is 27.7 Å². The van der Waals surface area contributed by atoms with Gasteiger partial charge in [0.1, 0.15) is 16.9 Å². The van der Waals surface area contributed by atoms with Crippen LogP contribution in [0.5, 0.6) is 0 Å². The van der Waals surface area contributed by atoms with Crippen LogP contribution in [0, 0.1) is 12.7 Å². The number of carbonyl (C=O) groups is 3. The van der Waals surface area contributed by atoms with Crippen molar-refractivity contribution in [3.63, 3.8) is 0 Å². The lowest BCUT2D eigenvalue weighted by molar-refractivity contribution is -0.313. The van der Waals surface area contributed by atoms with Gasteiger partial charge in [-0.15, -0.1) is 0 Å². The van der Waals surface area contributed by atoms with Crippen LogP contribution in [0.3, 0.4) is 0 Å². The Bertz CT molecular complexity index is 1200. The topological polar surface area (TPSA) is 146 Å². The lowest BCUT2D eigenvalue weighted by Gasteiger charge is -2.15. The minimum atomic E-state index is -0.768. The van der Waals surface area contributed by atoms with Crippen LogP contribution >= 0.6 is 11.6 Å². The monoisotopic (exact) mass is 475 g/mol. The molecule has 4 rings (SSSR count). The van der Waals surface area contributed by atoms with E-state index in [1.54, 1.807) is 11.5 Å².